The number of rotatable bonds is 4. The predicted octanol–water partition coefficient (Wildman–Crippen LogP) is 1.54. The molecule has 1 saturated carbocycles. The average Bonchev–Trinajstić information content (AvgIpc) is 2.25. The number of carbonyl (C=O) groups excluding carboxylic acids is 2. The van der Waals surface area contributed by atoms with Crippen LogP contribution in [0.2, 0.25) is 0 Å². The van der Waals surface area contributed by atoms with Crippen LogP contribution in [-0.2, 0) is 14.3 Å². The predicted molar refractivity (Wildman–Crippen MR) is 69.0 cm³/mol. The van der Waals surface area contributed by atoms with Gasteiger partial charge in [-0.2, -0.15) is 12.6 Å². The Morgan fingerprint density at radius 2 is 2.18 bits per heavy atom. The second kappa shape index (κ2) is 6.89. The maximum Gasteiger partial charge on any atom is 0.329 e. The van der Waals surface area contributed by atoms with Crippen LogP contribution < -0.4 is 5.32 Å². The molecule has 1 aliphatic carbocycles. The van der Waals surface area contributed by atoms with Crippen LogP contribution in [-0.4, -0.2) is 29.8 Å². The molecule has 0 bridgehead atoms. The van der Waals surface area contributed by atoms with Gasteiger partial charge in [0.2, 0.25) is 5.91 Å². The zero-order chi connectivity index (χ0) is 12.8. The normalized spacial score (nSPS) is 26.1. The van der Waals surface area contributed by atoms with Gasteiger partial charge in [0, 0.05) is 12.7 Å². The third-order valence-electron chi connectivity index (χ3n) is 3.02. The van der Waals surface area contributed by atoms with E-state index in [2.05, 4.69) is 24.9 Å². The molecule has 0 saturated heterocycles. The van der Waals surface area contributed by atoms with Crippen LogP contribution in [0.1, 0.15) is 39.5 Å². The quantitative estimate of drug-likeness (QED) is 0.595. The molecule has 0 aliphatic heterocycles. The molecule has 0 aromatic carbocycles. The molecule has 1 fully saturated rings. The maximum absolute atomic E-state index is 11.8. The number of esters is 1. The highest BCUT2D eigenvalue weighted by molar-refractivity contribution is 7.80. The van der Waals surface area contributed by atoms with Gasteiger partial charge in [0.15, 0.2) is 0 Å². The smallest absolute Gasteiger partial charge is 0.329 e. The molecule has 0 heterocycles. The molecule has 17 heavy (non-hydrogen) atoms. The molecule has 1 N–H and O–H groups in total. The summed E-state index contributed by atoms with van der Waals surface area (Å²) in [6.07, 6.45) is 4.16. The first kappa shape index (κ1) is 14.4. The minimum absolute atomic E-state index is 0.00221. The van der Waals surface area contributed by atoms with Gasteiger partial charge in [0.25, 0.3) is 0 Å². The first-order chi connectivity index (χ1) is 8.02. The molecule has 3 unspecified atom stereocenters. The molecule has 4 nitrogen and oxygen atoms in total. The Kier molecular flexibility index (Phi) is 5.82. The Balaban J connectivity index is 2.43. The van der Waals surface area contributed by atoms with Gasteiger partial charge in [-0.05, 0) is 25.2 Å². The number of amides is 1. The molecule has 3 atom stereocenters. The highest BCUT2D eigenvalue weighted by Crippen LogP contribution is 2.25. The summed E-state index contributed by atoms with van der Waals surface area (Å²) in [5, 5.41) is 2.54. The van der Waals surface area contributed by atoms with Gasteiger partial charge < -0.3 is 10.1 Å². The third kappa shape index (κ3) is 4.98. The van der Waals surface area contributed by atoms with Crippen molar-refractivity contribution in [1.82, 2.24) is 5.32 Å². The molecular weight excluding hydrogens is 238 g/mol. The van der Waals surface area contributed by atoms with E-state index >= 15 is 0 Å². The van der Waals surface area contributed by atoms with Gasteiger partial charge in [-0.3, -0.25) is 4.79 Å². The molecule has 98 valence electrons. The summed E-state index contributed by atoms with van der Waals surface area (Å²) in [5.74, 6) is 0.268. The summed E-state index contributed by atoms with van der Waals surface area (Å²) < 4.78 is 5.41. The number of carbonyl (C=O) groups is 2. The van der Waals surface area contributed by atoms with E-state index in [1.54, 1.807) is 0 Å². The number of hydrogen-bond acceptors (Lipinski definition) is 4. The van der Waals surface area contributed by atoms with E-state index in [0.29, 0.717) is 5.92 Å². The molecule has 1 aliphatic rings. The van der Waals surface area contributed by atoms with Crippen LogP contribution in [0, 0.1) is 5.92 Å². The van der Waals surface area contributed by atoms with Crippen molar-refractivity contribution >= 4 is 24.5 Å². The van der Waals surface area contributed by atoms with Gasteiger partial charge in [-0.1, -0.05) is 13.3 Å². The minimum Gasteiger partial charge on any atom is -0.461 e. The van der Waals surface area contributed by atoms with Gasteiger partial charge in [-0.15, -0.1) is 0 Å². The van der Waals surface area contributed by atoms with Crippen molar-refractivity contribution in [3.63, 3.8) is 0 Å². The van der Waals surface area contributed by atoms with Crippen LogP contribution in [0.15, 0.2) is 0 Å². The lowest BCUT2D eigenvalue weighted by molar-refractivity contribution is -0.154. The van der Waals surface area contributed by atoms with Crippen molar-refractivity contribution in [3.8, 4) is 0 Å². The van der Waals surface area contributed by atoms with Crippen molar-refractivity contribution in [2.24, 2.45) is 5.92 Å². The molecular formula is C12H21NO3S. The van der Waals surface area contributed by atoms with E-state index in [-0.39, 0.29) is 23.7 Å². The van der Waals surface area contributed by atoms with Crippen LogP contribution in [0.4, 0.5) is 0 Å². The van der Waals surface area contributed by atoms with Crippen LogP contribution >= 0.6 is 12.6 Å². The monoisotopic (exact) mass is 259 g/mol. The summed E-state index contributed by atoms with van der Waals surface area (Å²) in [4.78, 5) is 22.7. The molecule has 0 spiro atoms. The standard InChI is InChI=1S/C12H21NO3S/c1-8-4-3-5-10(6-8)16-12(15)11(7-17)13-9(2)14/h8,10-11,17H,3-7H2,1-2H3,(H,13,14). The fourth-order valence-electron chi connectivity index (χ4n) is 2.16. The highest BCUT2D eigenvalue weighted by Gasteiger charge is 2.26. The summed E-state index contributed by atoms with van der Waals surface area (Å²) in [5.41, 5.74) is 0. The zero-order valence-electron chi connectivity index (χ0n) is 10.4. The van der Waals surface area contributed by atoms with Crippen molar-refractivity contribution in [2.75, 3.05) is 5.75 Å². The topological polar surface area (TPSA) is 55.4 Å². The Morgan fingerprint density at radius 3 is 2.71 bits per heavy atom. The summed E-state index contributed by atoms with van der Waals surface area (Å²) in [6.45, 7) is 3.55. The lowest BCUT2D eigenvalue weighted by atomic mass is 9.89. The number of thiol groups is 1. The van der Waals surface area contributed by atoms with E-state index in [9.17, 15) is 9.59 Å². The minimum atomic E-state index is -0.631. The molecule has 1 rings (SSSR count). The van der Waals surface area contributed by atoms with Crippen molar-refractivity contribution in [2.45, 2.75) is 51.7 Å². The Labute approximate surface area is 108 Å². The average molecular weight is 259 g/mol. The number of hydrogen-bond donors (Lipinski definition) is 2. The van der Waals surface area contributed by atoms with Crippen molar-refractivity contribution in [1.29, 1.82) is 0 Å². The Hall–Kier alpha value is -0.710. The molecule has 0 radical (unpaired) electrons. The number of ether oxygens (including phenoxy) is 1. The first-order valence-electron chi connectivity index (χ1n) is 6.11. The largest absolute Gasteiger partial charge is 0.461 e. The highest BCUT2D eigenvalue weighted by atomic mass is 32.1. The molecule has 0 aromatic heterocycles. The summed E-state index contributed by atoms with van der Waals surface area (Å²) in [6, 6.07) is -0.631. The molecule has 0 aromatic rings. The fraction of sp³-hybridized carbons (Fsp3) is 0.833. The Bertz CT molecular complexity index is 283. The van der Waals surface area contributed by atoms with Gasteiger partial charge >= 0.3 is 5.97 Å². The van der Waals surface area contributed by atoms with Crippen molar-refractivity contribution in [3.05, 3.63) is 0 Å². The van der Waals surface area contributed by atoms with Gasteiger partial charge in [-0.25, -0.2) is 4.79 Å². The third-order valence-corrected chi connectivity index (χ3v) is 3.38. The summed E-state index contributed by atoms with van der Waals surface area (Å²) >= 11 is 4.05. The van der Waals surface area contributed by atoms with E-state index < -0.39 is 6.04 Å². The van der Waals surface area contributed by atoms with E-state index in [4.69, 9.17) is 4.74 Å². The Morgan fingerprint density at radius 1 is 1.47 bits per heavy atom. The fourth-order valence-corrected chi connectivity index (χ4v) is 2.40. The van der Waals surface area contributed by atoms with E-state index in [0.717, 1.165) is 19.3 Å². The second-order valence-corrected chi connectivity index (χ2v) is 5.13. The second-order valence-electron chi connectivity index (χ2n) is 4.77. The van der Waals surface area contributed by atoms with Crippen LogP contribution in [0.25, 0.3) is 0 Å². The molecule has 1 amide bonds. The summed E-state index contributed by atoms with van der Waals surface area (Å²) in [7, 11) is 0. The van der Waals surface area contributed by atoms with Crippen LogP contribution in [0.5, 0.6) is 0 Å². The van der Waals surface area contributed by atoms with E-state index in [1.165, 1.54) is 13.3 Å². The number of nitrogens with one attached hydrogen (secondary N) is 1. The van der Waals surface area contributed by atoms with Gasteiger partial charge in [0.05, 0.1) is 0 Å². The van der Waals surface area contributed by atoms with Crippen LogP contribution in [0.3, 0.4) is 0 Å². The first-order valence-corrected chi connectivity index (χ1v) is 6.74. The van der Waals surface area contributed by atoms with E-state index in [1.807, 2.05) is 0 Å². The molecule has 5 heteroatoms. The zero-order valence-corrected chi connectivity index (χ0v) is 11.3. The lowest BCUT2D eigenvalue weighted by Gasteiger charge is -2.28. The van der Waals surface area contributed by atoms with Crippen molar-refractivity contribution < 1.29 is 14.3 Å². The van der Waals surface area contributed by atoms with Gasteiger partial charge in [0.1, 0.15) is 12.1 Å². The SMILES string of the molecule is CC(=O)NC(CS)C(=O)OC1CCCC(C)C1. The lowest BCUT2D eigenvalue weighted by Crippen LogP contribution is -2.43. The maximum atomic E-state index is 11.8.